The van der Waals surface area contributed by atoms with Crippen LogP contribution in [-0.4, -0.2) is 11.6 Å². The van der Waals surface area contributed by atoms with Crippen LogP contribution >= 0.6 is 0 Å². The van der Waals surface area contributed by atoms with Crippen LogP contribution in [0, 0.1) is 45.3 Å². The van der Waals surface area contributed by atoms with Gasteiger partial charge in [0, 0.05) is 17.3 Å². The number of ketones is 2. The normalized spacial score (nSPS) is 44.3. The number of hydrogen-bond donors (Lipinski definition) is 0. The smallest absolute Gasteiger partial charge is 0.183 e. The van der Waals surface area contributed by atoms with Crippen molar-refractivity contribution in [2.45, 2.75) is 58.8 Å². The summed E-state index contributed by atoms with van der Waals surface area (Å²) in [4.78, 5) is 25.8. The van der Waals surface area contributed by atoms with Crippen LogP contribution in [0.2, 0.25) is 0 Å². The van der Waals surface area contributed by atoms with Gasteiger partial charge in [0.1, 0.15) is 11.9 Å². The molecule has 140 valence electrons. The van der Waals surface area contributed by atoms with Gasteiger partial charge in [0.2, 0.25) is 0 Å². The lowest BCUT2D eigenvalue weighted by atomic mass is 9.45. The number of allylic oxidation sites excluding steroid dienone is 6. The highest BCUT2D eigenvalue weighted by Gasteiger charge is 2.62. The maximum absolute atomic E-state index is 13.2. The molecule has 1 spiro atoms. The monoisotopic (exact) mass is 361 g/mol. The molecule has 0 heterocycles. The van der Waals surface area contributed by atoms with Gasteiger partial charge in [0.05, 0.1) is 11.0 Å². The van der Waals surface area contributed by atoms with Crippen LogP contribution in [0.1, 0.15) is 58.8 Å². The SMILES string of the molecule is CC12CC[C@H]3[C@@H](CC=C4C5(CC=CC5)C(=O)C(C#N)=C[C@@]43C)[C@@H]1CCC2=O. The highest BCUT2D eigenvalue weighted by molar-refractivity contribution is 6.07. The minimum Gasteiger partial charge on any atom is -0.299 e. The number of rotatable bonds is 0. The number of Topliss-reactive ketones (excluding diaryl/α,β-unsaturated/α-hetero) is 2. The average Bonchev–Trinajstić information content (AvgIpc) is 3.25. The molecular formula is C24H27NO2. The fourth-order valence-electron chi connectivity index (χ4n) is 7.59. The number of nitrogens with zero attached hydrogens (tertiary/aromatic N) is 1. The molecule has 1 unspecified atom stereocenters. The second-order valence-electron chi connectivity index (χ2n) is 9.89. The Hall–Kier alpha value is -1.95. The van der Waals surface area contributed by atoms with Crippen molar-refractivity contribution in [2.24, 2.45) is 34.0 Å². The van der Waals surface area contributed by atoms with Gasteiger partial charge in [-0.25, -0.2) is 0 Å². The first kappa shape index (κ1) is 17.2. The molecule has 2 fully saturated rings. The van der Waals surface area contributed by atoms with Crippen LogP contribution < -0.4 is 0 Å². The number of carbonyl (C=O) groups is 2. The first-order valence-electron chi connectivity index (χ1n) is 10.4. The van der Waals surface area contributed by atoms with Gasteiger partial charge in [0.15, 0.2) is 5.78 Å². The molecule has 0 radical (unpaired) electrons. The quantitative estimate of drug-likeness (QED) is 0.587. The van der Waals surface area contributed by atoms with E-state index in [9.17, 15) is 14.9 Å². The van der Waals surface area contributed by atoms with E-state index in [1.165, 1.54) is 5.57 Å². The minimum atomic E-state index is -0.522. The molecule has 0 aromatic carbocycles. The van der Waals surface area contributed by atoms with Crippen molar-refractivity contribution >= 4 is 11.6 Å². The molecule has 0 aromatic heterocycles. The van der Waals surface area contributed by atoms with Crippen molar-refractivity contribution in [3.05, 3.63) is 35.5 Å². The van der Waals surface area contributed by atoms with Gasteiger partial charge in [-0.3, -0.25) is 9.59 Å². The van der Waals surface area contributed by atoms with Gasteiger partial charge >= 0.3 is 0 Å². The summed E-state index contributed by atoms with van der Waals surface area (Å²) in [6, 6.07) is 2.22. The molecule has 0 saturated heterocycles. The predicted molar refractivity (Wildman–Crippen MR) is 102 cm³/mol. The fourth-order valence-corrected chi connectivity index (χ4v) is 7.59. The van der Waals surface area contributed by atoms with Crippen molar-refractivity contribution in [3.8, 4) is 6.07 Å². The molecule has 0 bridgehead atoms. The summed E-state index contributed by atoms with van der Waals surface area (Å²) in [7, 11) is 0. The van der Waals surface area contributed by atoms with Gasteiger partial charge in [0.25, 0.3) is 0 Å². The highest BCUT2D eigenvalue weighted by Crippen LogP contribution is 2.66. The molecule has 3 nitrogen and oxygen atoms in total. The Balaban J connectivity index is 1.65. The molecule has 0 aliphatic heterocycles. The van der Waals surface area contributed by atoms with Crippen LogP contribution in [0.5, 0.6) is 0 Å². The molecular weight excluding hydrogens is 334 g/mol. The maximum Gasteiger partial charge on any atom is 0.183 e. The van der Waals surface area contributed by atoms with Crippen molar-refractivity contribution in [1.82, 2.24) is 0 Å². The lowest BCUT2D eigenvalue weighted by molar-refractivity contribution is -0.131. The lowest BCUT2D eigenvalue weighted by Gasteiger charge is -2.57. The second-order valence-corrected chi connectivity index (χ2v) is 9.89. The Bertz CT molecular complexity index is 877. The van der Waals surface area contributed by atoms with Crippen LogP contribution in [-0.2, 0) is 9.59 Å². The Kier molecular flexibility index (Phi) is 3.38. The summed E-state index contributed by atoms with van der Waals surface area (Å²) in [6.45, 7) is 4.45. The summed E-state index contributed by atoms with van der Waals surface area (Å²) >= 11 is 0. The van der Waals surface area contributed by atoms with E-state index in [1.807, 2.05) is 6.08 Å². The van der Waals surface area contributed by atoms with E-state index < -0.39 is 5.41 Å². The molecule has 5 rings (SSSR count). The Labute approximate surface area is 161 Å². The first-order valence-corrected chi connectivity index (χ1v) is 10.4. The Morgan fingerprint density at radius 2 is 1.85 bits per heavy atom. The molecule has 5 atom stereocenters. The number of nitriles is 1. The minimum absolute atomic E-state index is 0.0221. The second kappa shape index (κ2) is 5.31. The van der Waals surface area contributed by atoms with E-state index in [4.69, 9.17) is 0 Å². The summed E-state index contributed by atoms with van der Waals surface area (Å²) in [6.07, 6.45) is 14.7. The Morgan fingerprint density at radius 1 is 1.11 bits per heavy atom. The third-order valence-corrected chi connectivity index (χ3v) is 8.95. The van der Waals surface area contributed by atoms with Gasteiger partial charge in [-0.15, -0.1) is 0 Å². The number of hydrogen-bond acceptors (Lipinski definition) is 3. The topological polar surface area (TPSA) is 57.9 Å². The van der Waals surface area contributed by atoms with Crippen molar-refractivity contribution in [2.75, 3.05) is 0 Å². The molecule has 0 aromatic rings. The predicted octanol–water partition coefficient (Wildman–Crippen LogP) is 4.70. The standard InChI is InChI=1S/C24H27NO2/c1-22-12-9-18-16(17(22)6-8-20(22)26)5-7-19-23(18,2)13-15(14-25)21(27)24(19)10-3-4-11-24/h3-4,7,13,16-18H,5-6,8-12H2,1-2H3/t16-,17-,18-,22?,23+/m0/s1. The van der Waals surface area contributed by atoms with Crippen LogP contribution in [0.25, 0.3) is 0 Å². The number of carbonyl (C=O) groups excluding carboxylic acids is 2. The molecule has 27 heavy (non-hydrogen) atoms. The van der Waals surface area contributed by atoms with E-state index in [-0.39, 0.29) is 16.6 Å². The van der Waals surface area contributed by atoms with E-state index >= 15 is 0 Å². The fraction of sp³-hybridized carbons (Fsp3) is 0.625. The van der Waals surface area contributed by atoms with Crippen LogP contribution in [0.3, 0.4) is 0 Å². The maximum atomic E-state index is 13.2. The van der Waals surface area contributed by atoms with E-state index in [2.05, 4.69) is 38.1 Å². The summed E-state index contributed by atoms with van der Waals surface area (Å²) in [5.74, 6) is 1.84. The summed E-state index contributed by atoms with van der Waals surface area (Å²) < 4.78 is 0. The summed E-state index contributed by atoms with van der Waals surface area (Å²) in [5.41, 5.74) is 0.710. The zero-order valence-corrected chi connectivity index (χ0v) is 16.3. The zero-order chi connectivity index (χ0) is 19.0. The highest BCUT2D eigenvalue weighted by atomic mass is 16.1. The first-order chi connectivity index (χ1) is 12.9. The van der Waals surface area contributed by atoms with E-state index in [0.717, 1.165) is 44.9 Å². The zero-order valence-electron chi connectivity index (χ0n) is 16.3. The molecule has 3 heteroatoms. The average molecular weight is 361 g/mol. The van der Waals surface area contributed by atoms with Gasteiger partial charge in [-0.1, -0.05) is 38.2 Å². The van der Waals surface area contributed by atoms with Gasteiger partial charge in [-0.05, 0) is 61.9 Å². The van der Waals surface area contributed by atoms with Crippen LogP contribution in [0.4, 0.5) is 0 Å². The van der Waals surface area contributed by atoms with Crippen LogP contribution in [0.15, 0.2) is 35.5 Å². The molecule has 5 aliphatic carbocycles. The number of fused-ring (bicyclic) bond motifs is 6. The van der Waals surface area contributed by atoms with E-state index in [1.54, 1.807) is 0 Å². The van der Waals surface area contributed by atoms with Crippen molar-refractivity contribution in [3.63, 3.8) is 0 Å². The third kappa shape index (κ3) is 1.92. The largest absolute Gasteiger partial charge is 0.299 e. The summed E-state index contributed by atoms with van der Waals surface area (Å²) in [5, 5.41) is 9.71. The molecule has 0 amide bonds. The molecule has 2 saturated carbocycles. The van der Waals surface area contributed by atoms with Gasteiger partial charge in [-0.2, -0.15) is 5.26 Å². The molecule has 0 N–H and O–H groups in total. The van der Waals surface area contributed by atoms with E-state index in [0.29, 0.717) is 29.1 Å². The van der Waals surface area contributed by atoms with Crippen molar-refractivity contribution in [1.29, 1.82) is 5.26 Å². The van der Waals surface area contributed by atoms with Crippen molar-refractivity contribution < 1.29 is 9.59 Å². The van der Waals surface area contributed by atoms with Gasteiger partial charge < -0.3 is 0 Å². The Morgan fingerprint density at radius 3 is 2.56 bits per heavy atom. The lowest BCUT2D eigenvalue weighted by Crippen LogP contribution is -2.53. The third-order valence-electron chi connectivity index (χ3n) is 8.95. The molecule has 5 aliphatic rings.